The van der Waals surface area contributed by atoms with Crippen LogP contribution < -0.4 is 9.44 Å². The third-order valence-corrected chi connectivity index (χ3v) is 8.79. The van der Waals surface area contributed by atoms with E-state index in [2.05, 4.69) is 9.44 Å². The Hall–Kier alpha value is -3.30. The van der Waals surface area contributed by atoms with Gasteiger partial charge in [0.1, 0.15) is 0 Å². The van der Waals surface area contributed by atoms with Crippen molar-refractivity contribution in [1.29, 1.82) is 0 Å². The zero-order chi connectivity index (χ0) is 25.8. The lowest BCUT2D eigenvalue weighted by Crippen LogP contribution is -2.40. The predicted octanol–water partition coefficient (Wildman–Crippen LogP) is 5.04. The highest BCUT2D eigenvalue weighted by Crippen LogP contribution is 2.32. The third kappa shape index (κ3) is 6.09. The van der Waals surface area contributed by atoms with Gasteiger partial charge in [-0.25, -0.2) is 26.3 Å². The van der Waals surface area contributed by atoms with Gasteiger partial charge in [-0.3, -0.25) is 0 Å². The first-order chi connectivity index (χ1) is 17.2. The summed E-state index contributed by atoms with van der Waals surface area (Å²) in [5, 5.41) is 0. The van der Waals surface area contributed by atoms with Crippen molar-refractivity contribution in [3.05, 3.63) is 131 Å². The van der Waals surface area contributed by atoms with Crippen LogP contribution in [-0.4, -0.2) is 16.8 Å². The summed E-state index contributed by atoms with van der Waals surface area (Å²) < 4.78 is 59.3. The molecule has 0 bridgehead atoms. The van der Waals surface area contributed by atoms with Crippen LogP contribution >= 0.6 is 0 Å². The van der Waals surface area contributed by atoms with Crippen molar-refractivity contribution in [3.63, 3.8) is 0 Å². The van der Waals surface area contributed by atoms with E-state index in [0.717, 1.165) is 11.1 Å². The van der Waals surface area contributed by atoms with Crippen LogP contribution in [0.1, 0.15) is 34.3 Å². The Bertz CT molecular complexity index is 1390. The summed E-state index contributed by atoms with van der Waals surface area (Å²) in [7, 11) is -7.98. The topological polar surface area (TPSA) is 92.3 Å². The number of aryl methyl sites for hydroxylation is 2. The molecule has 0 aromatic heterocycles. The molecule has 0 unspecified atom stereocenters. The van der Waals surface area contributed by atoms with Gasteiger partial charge in [0.05, 0.1) is 21.9 Å². The highest BCUT2D eigenvalue weighted by molar-refractivity contribution is 7.90. The van der Waals surface area contributed by atoms with E-state index < -0.39 is 32.1 Å². The van der Waals surface area contributed by atoms with Crippen LogP contribution in [0, 0.1) is 13.8 Å². The van der Waals surface area contributed by atoms with Gasteiger partial charge in [-0.2, -0.15) is 0 Å². The minimum Gasteiger partial charge on any atom is -0.207 e. The minimum atomic E-state index is -3.99. The Balaban J connectivity index is 1.81. The van der Waals surface area contributed by atoms with E-state index in [-0.39, 0.29) is 9.79 Å². The second kappa shape index (κ2) is 10.8. The fourth-order valence-corrected chi connectivity index (χ4v) is 6.36. The van der Waals surface area contributed by atoms with E-state index >= 15 is 0 Å². The molecule has 0 aliphatic heterocycles. The van der Waals surface area contributed by atoms with Gasteiger partial charge in [0.15, 0.2) is 0 Å². The lowest BCUT2D eigenvalue weighted by molar-refractivity contribution is 0.466. The molecule has 36 heavy (non-hydrogen) atoms. The zero-order valence-corrected chi connectivity index (χ0v) is 21.6. The molecule has 4 aromatic carbocycles. The van der Waals surface area contributed by atoms with Crippen molar-refractivity contribution >= 4 is 20.0 Å². The first-order valence-corrected chi connectivity index (χ1v) is 14.4. The summed E-state index contributed by atoms with van der Waals surface area (Å²) in [5.74, 6) is 0. The summed E-state index contributed by atoms with van der Waals surface area (Å²) in [6, 6.07) is 29.1. The molecule has 0 saturated heterocycles. The van der Waals surface area contributed by atoms with Crippen LogP contribution in [-0.2, 0) is 20.0 Å². The average Bonchev–Trinajstić information content (AvgIpc) is 2.88. The molecule has 2 N–H and O–H groups in total. The third-order valence-electron chi connectivity index (χ3n) is 5.88. The smallest absolute Gasteiger partial charge is 0.207 e. The van der Waals surface area contributed by atoms with E-state index in [1.807, 2.05) is 26.0 Å². The minimum absolute atomic E-state index is 0.0993. The molecule has 186 valence electrons. The average molecular weight is 521 g/mol. The zero-order valence-electron chi connectivity index (χ0n) is 20.0. The Morgan fingerprint density at radius 1 is 0.472 bits per heavy atom. The molecule has 0 saturated carbocycles. The van der Waals surface area contributed by atoms with Gasteiger partial charge in [0.2, 0.25) is 20.0 Å². The first-order valence-electron chi connectivity index (χ1n) is 11.4. The maximum Gasteiger partial charge on any atom is 0.241 e. The summed E-state index contributed by atoms with van der Waals surface area (Å²) in [4.78, 5) is 0.199. The molecule has 0 amide bonds. The standard InChI is InChI=1S/C28H28N2O4S2/c1-21-13-17-25(18-14-21)35(31,32)29-27(23-9-5-3-6-10-23)28(24-11-7-4-8-12-24)30-36(33,34)26-19-15-22(2)16-20-26/h3-20,27-30H,1-2H3/t27-,28-/m0/s1. The number of sulfonamides is 2. The van der Waals surface area contributed by atoms with Gasteiger partial charge in [-0.1, -0.05) is 96.1 Å². The fraction of sp³-hybridized carbons (Fsp3) is 0.143. The maximum absolute atomic E-state index is 13.4. The number of hydrogen-bond donors (Lipinski definition) is 2. The Morgan fingerprint density at radius 3 is 1.08 bits per heavy atom. The van der Waals surface area contributed by atoms with E-state index in [1.165, 1.54) is 24.3 Å². The molecular weight excluding hydrogens is 492 g/mol. The van der Waals surface area contributed by atoms with Crippen LogP contribution in [0.25, 0.3) is 0 Å². The van der Waals surface area contributed by atoms with E-state index in [0.29, 0.717) is 11.1 Å². The van der Waals surface area contributed by atoms with Crippen molar-refractivity contribution in [1.82, 2.24) is 9.44 Å². The molecule has 6 nitrogen and oxygen atoms in total. The van der Waals surface area contributed by atoms with Crippen LogP contribution in [0.4, 0.5) is 0 Å². The number of rotatable bonds is 9. The second-order valence-corrected chi connectivity index (χ2v) is 12.1. The number of benzene rings is 4. The molecule has 0 aliphatic rings. The quantitative estimate of drug-likeness (QED) is 0.323. The largest absolute Gasteiger partial charge is 0.241 e. The summed E-state index contributed by atoms with van der Waals surface area (Å²) in [6.45, 7) is 3.75. The van der Waals surface area contributed by atoms with E-state index in [4.69, 9.17) is 0 Å². The van der Waals surface area contributed by atoms with Gasteiger partial charge in [0, 0.05) is 0 Å². The van der Waals surface area contributed by atoms with Crippen molar-refractivity contribution in [2.24, 2.45) is 0 Å². The predicted molar refractivity (Wildman–Crippen MR) is 141 cm³/mol. The van der Waals surface area contributed by atoms with Crippen LogP contribution in [0.3, 0.4) is 0 Å². The molecular formula is C28H28N2O4S2. The van der Waals surface area contributed by atoms with E-state index in [1.54, 1.807) is 72.8 Å². The molecule has 0 radical (unpaired) electrons. The summed E-state index contributed by atoms with van der Waals surface area (Å²) >= 11 is 0. The highest BCUT2D eigenvalue weighted by atomic mass is 32.2. The number of nitrogens with one attached hydrogen (secondary N) is 2. The van der Waals surface area contributed by atoms with Crippen LogP contribution in [0.2, 0.25) is 0 Å². The van der Waals surface area contributed by atoms with Gasteiger partial charge in [-0.15, -0.1) is 0 Å². The van der Waals surface area contributed by atoms with Crippen molar-refractivity contribution in [2.45, 2.75) is 35.7 Å². The summed E-state index contributed by atoms with van der Waals surface area (Å²) in [5.41, 5.74) is 3.10. The number of hydrogen-bond acceptors (Lipinski definition) is 4. The van der Waals surface area contributed by atoms with Crippen molar-refractivity contribution in [3.8, 4) is 0 Å². The Morgan fingerprint density at radius 2 is 0.778 bits per heavy atom. The molecule has 4 aromatic rings. The second-order valence-electron chi connectivity index (χ2n) is 8.65. The molecule has 8 heteroatoms. The normalized spacial score (nSPS) is 13.7. The lowest BCUT2D eigenvalue weighted by atomic mass is 9.95. The molecule has 0 heterocycles. The maximum atomic E-state index is 13.4. The SMILES string of the molecule is Cc1ccc(S(=O)(=O)N[C@@H](c2ccccc2)[C@@H](NS(=O)(=O)c2ccc(C)cc2)c2ccccc2)cc1. The molecule has 0 fully saturated rings. The summed E-state index contributed by atoms with van der Waals surface area (Å²) in [6.07, 6.45) is 0. The van der Waals surface area contributed by atoms with Crippen LogP contribution in [0.15, 0.2) is 119 Å². The van der Waals surface area contributed by atoms with Crippen molar-refractivity contribution in [2.75, 3.05) is 0 Å². The van der Waals surface area contributed by atoms with Gasteiger partial charge in [-0.05, 0) is 49.2 Å². The molecule has 0 aliphatic carbocycles. The Labute approximate surface area is 213 Å². The molecule has 0 spiro atoms. The lowest BCUT2D eigenvalue weighted by Gasteiger charge is -2.29. The van der Waals surface area contributed by atoms with Crippen LogP contribution in [0.5, 0.6) is 0 Å². The first kappa shape index (κ1) is 25.8. The van der Waals surface area contributed by atoms with Crippen molar-refractivity contribution < 1.29 is 16.8 Å². The monoisotopic (exact) mass is 520 g/mol. The van der Waals surface area contributed by atoms with Gasteiger partial charge >= 0.3 is 0 Å². The molecule has 4 rings (SSSR count). The van der Waals surface area contributed by atoms with Gasteiger partial charge < -0.3 is 0 Å². The highest BCUT2D eigenvalue weighted by Gasteiger charge is 2.33. The van der Waals surface area contributed by atoms with E-state index in [9.17, 15) is 16.8 Å². The molecule has 2 atom stereocenters. The Kier molecular flexibility index (Phi) is 7.70. The fourth-order valence-electron chi connectivity index (χ4n) is 3.88. The van der Waals surface area contributed by atoms with Gasteiger partial charge in [0.25, 0.3) is 0 Å².